The zero-order valence-electron chi connectivity index (χ0n) is 20.6. The lowest BCUT2D eigenvalue weighted by Crippen LogP contribution is -2.22. The number of methoxy groups -OCH3 is 1. The van der Waals surface area contributed by atoms with Gasteiger partial charge in [-0.15, -0.1) is 0 Å². The summed E-state index contributed by atoms with van der Waals surface area (Å²) in [4.78, 5) is 29.9. The minimum atomic E-state index is -0.554. The summed E-state index contributed by atoms with van der Waals surface area (Å²) in [7, 11) is 1.60. The molecule has 3 rings (SSSR count). The number of rotatable bonds is 9. The summed E-state index contributed by atoms with van der Waals surface area (Å²) in [6.45, 7) is 11.8. The molecule has 3 aromatic rings. The number of nitrogens with one attached hydrogen (secondary N) is 2. The largest absolute Gasteiger partial charge is 0.496 e. The number of hydrogen-bond acceptors (Lipinski definition) is 8. The van der Waals surface area contributed by atoms with E-state index in [2.05, 4.69) is 20.7 Å². The topological polar surface area (TPSA) is 107 Å². The van der Waals surface area contributed by atoms with Gasteiger partial charge in [-0.2, -0.15) is 5.10 Å². The molecule has 0 bridgehead atoms. The standard InChI is InChI=1S/C24H31N5O4S/c1-13(2)12-33-23(31)17(6)29-15(4)10-20(28-29)26-24-25-11-19(34-24)22(30)27-21-14(3)8-9-18(32-7)16(21)5/h8-11,13,17H,12H2,1-7H3,(H,27,30)(H,25,26,28). The van der Waals surface area contributed by atoms with Gasteiger partial charge in [0, 0.05) is 17.3 Å². The van der Waals surface area contributed by atoms with Crippen molar-refractivity contribution in [2.45, 2.75) is 47.6 Å². The number of amides is 1. The van der Waals surface area contributed by atoms with Crippen molar-refractivity contribution in [2.75, 3.05) is 24.4 Å². The molecule has 10 heteroatoms. The lowest BCUT2D eigenvalue weighted by atomic mass is 10.1. The second-order valence-electron chi connectivity index (χ2n) is 8.51. The SMILES string of the molecule is COc1ccc(C)c(NC(=O)c2cnc(Nc3cc(C)n(C(C)C(=O)OCC(C)C)n3)s2)c1C. The summed E-state index contributed by atoms with van der Waals surface area (Å²) in [5, 5.41) is 11.1. The number of anilines is 3. The lowest BCUT2D eigenvalue weighted by molar-refractivity contribution is -0.148. The molecule has 2 N–H and O–H groups in total. The number of aryl methyl sites for hydroxylation is 2. The van der Waals surface area contributed by atoms with Crippen molar-refractivity contribution in [1.29, 1.82) is 0 Å². The highest BCUT2D eigenvalue weighted by molar-refractivity contribution is 7.17. The number of thiazole rings is 1. The Hall–Kier alpha value is -3.40. The third-order valence-electron chi connectivity index (χ3n) is 5.24. The molecule has 0 spiro atoms. The number of carbonyl (C=O) groups is 2. The first-order valence-corrected chi connectivity index (χ1v) is 11.8. The zero-order chi connectivity index (χ0) is 25.0. The van der Waals surface area contributed by atoms with Crippen LogP contribution in [-0.2, 0) is 9.53 Å². The first kappa shape index (κ1) is 25.2. The molecular formula is C24H31N5O4S. The van der Waals surface area contributed by atoms with Crippen LogP contribution in [0, 0.1) is 26.7 Å². The molecule has 0 fully saturated rings. The van der Waals surface area contributed by atoms with Crippen LogP contribution in [0.1, 0.15) is 53.3 Å². The monoisotopic (exact) mass is 485 g/mol. The van der Waals surface area contributed by atoms with Crippen LogP contribution >= 0.6 is 11.3 Å². The van der Waals surface area contributed by atoms with Gasteiger partial charge < -0.3 is 20.1 Å². The average molecular weight is 486 g/mol. The van der Waals surface area contributed by atoms with Gasteiger partial charge in [0.1, 0.15) is 16.7 Å². The molecule has 0 saturated heterocycles. The number of carbonyl (C=O) groups excluding carboxylic acids is 2. The molecule has 2 aromatic heterocycles. The predicted molar refractivity (Wildman–Crippen MR) is 133 cm³/mol. The highest BCUT2D eigenvalue weighted by Gasteiger charge is 2.21. The van der Waals surface area contributed by atoms with E-state index in [0.717, 1.165) is 22.5 Å². The Morgan fingerprint density at radius 2 is 1.91 bits per heavy atom. The highest BCUT2D eigenvalue weighted by atomic mass is 32.1. The number of ether oxygens (including phenoxy) is 2. The average Bonchev–Trinajstić information content (AvgIpc) is 3.41. The van der Waals surface area contributed by atoms with Gasteiger partial charge in [-0.25, -0.2) is 9.78 Å². The molecule has 0 aliphatic heterocycles. The minimum Gasteiger partial charge on any atom is -0.496 e. The van der Waals surface area contributed by atoms with Crippen molar-refractivity contribution in [3.63, 3.8) is 0 Å². The maximum Gasteiger partial charge on any atom is 0.330 e. The van der Waals surface area contributed by atoms with Gasteiger partial charge in [-0.3, -0.25) is 9.48 Å². The lowest BCUT2D eigenvalue weighted by Gasteiger charge is -2.14. The van der Waals surface area contributed by atoms with Crippen LogP contribution in [0.25, 0.3) is 0 Å². The van der Waals surface area contributed by atoms with Crippen LogP contribution in [0.3, 0.4) is 0 Å². The van der Waals surface area contributed by atoms with E-state index in [1.165, 1.54) is 17.5 Å². The van der Waals surface area contributed by atoms with Gasteiger partial charge in [0.05, 0.1) is 25.6 Å². The molecule has 1 atom stereocenters. The van der Waals surface area contributed by atoms with Crippen molar-refractivity contribution in [3.05, 3.63) is 46.1 Å². The summed E-state index contributed by atoms with van der Waals surface area (Å²) in [5.41, 5.74) is 3.33. The van der Waals surface area contributed by atoms with Gasteiger partial charge in [0.2, 0.25) is 0 Å². The van der Waals surface area contributed by atoms with E-state index in [1.54, 1.807) is 18.7 Å². The van der Waals surface area contributed by atoms with E-state index in [0.29, 0.717) is 28.2 Å². The smallest absolute Gasteiger partial charge is 0.330 e. The normalized spacial score (nSPS) is 11.9. The third kappa shape index (κ3) is 5.74. The molecular weight excluding hydrogens is 454 g/mol. The Morgan fingerprint density at radius 1 is 1.18 bits per heavy atom. The van der Waals surface area contributed by atoms with Gasteiger partial charge in [0.25, 0.3) is 5.91 Å². The van der Waals surface area contributed by atoms with Crippen LogP contribution in [0.4, 0.5) is 16.6 Å². The maximum absolute atomic E-state index is 12.8. The van der Waals surface area contributed by atoms with Crippen molar-refractivity contribution >= 4 is 39.9 Å². The summed E-state index contributed by atoms with van der Waals surface area (Å²) >= 11 is 1.21. The second kappa shape index (κ2) is 10.7. The molecule has 9 nitrogen and oxygen atoms in total. The fourth-order valence-electron chi connectivity index (χ4n) is 3.37. The van der Waals surface area contributed by atoms with Crippen LogP contribution in [0.2, 0.25) is 0 Å². The van der Waals surface area contributed by atoms with Crippen molar-refractivity contribution in [3.8, 4) is 5.75 Å². The first-order chi connectivity index (χ1) is 16.1. The molecule has 0 radical (unpaired) electrons. The molecule has 34 heavy (non-hydrogen) atoms. The number of nitrogens with zero attached hydrogens (tertiary/aromatic N) is 3. The Balaban J connectivity index is 1.69. The Labute approximate surface area is 203 Å². The van der Waals surface area contributed by atoms with E-state index >= 15 is 0 Å². The Bertz CT molecular complexity index is 1180. The summed E-state index contributed by atoms with van der Waals surface area (Å²) in [6.07, 6.45) is 1.52. The summed E-state index contributed by atoms with van der Waals surface area (Å²) < 4.78 is 12.3. The Morgan fingerprint density at radius 3 is 2.59 bits per heavy atom. The molecule has 1 amide bonds. The van der Waals surface area contributed by atoms with E-state index in [-0.39, 0.29) is 17.8 Å². The van der Waals surface area contributed by atoms with Crippen LogP contribution in [0.15, 0.2) is 24.4 Å². The Kier molecular flexibility index (Phi) is 7.93. The van der Waals surface area contributed by atoms with E-state index < -0.39 is 6.04 Å². The molecule has 182 valence electrons. The zero-order valence-corrected chi connectivity index (χ0v) is 21.4. The van der Waals surface area contributed by atoms with Crippen LogP contribution in [-0.4, -0.2) is 40.4 Å². The van der Waals surface area contributed by atoms with Gasteiger partial charge in [0.15, 0.2) is 10.9 Å². The number of esters is 1. The number of hydrogen-bond donors (Lipinski definition) is 2. The van der Waals surface area contributed by atoms with Crippen LogP contribution < -0.4 is 15.4 Å². The molecule has 2 heterocycles. The second-order valence-corrected chi connectivity index (χ2v) is 9.54. The van der Waals surface area contributed by atoms with Gasteiger partial charge in [-0.1, -0.05) is 31.3 Å². The summed E-state index contributed by atoms with van der Waals surface area (Å²) in [6, 6.07) is 5.04. The predicted octanol–water partition coefficient (Wildman–Crippen LogP) is 5.03. The molecule has 0 aliphatic carbocycles. The highest BCUT2D eigenvalue weighted by Crippen LogP contribution is 2.30. The molecule has 0 saturated carbocycles. The summed E-state index contributed by atoms with van der Waals surface area (Å²) in [5.74, 6) is 0.916. The third-order valence-corrected chi connectivity index (χ3v) is 6.15. The van der Waals surface area contributed by atoms with Crippen molar-refractivity contribution in [2.24, 2.45) is 5.92 Å². The number of aromatic nitrogens is 3. The van der Waals surface area contributed by atoms with E-state index in [9.17, 15) is 9.59 Å². The fourth-order valence-corrected chi connectivity index (χ4v) is 4.09. The van der Waals surface area contributed by atoms with E-state index in [1.807, 2.05) is 52.8 Å². The molecule has 1 aromatic carbocycles. The fraction of sp³-hybridized carbons (Fsp3) is 0.417. The maximum atomic E-state index is 12.8. The first-order valence-electron chi connectivity index (χ1n) is 11.0. The van der Waals surface area contributed by atoms with E-state index in [4.69, 9.17) is 9.47 Å². The molecule has 1 unspecified atom stereocenters. The molecule has 0 aliphatic rings. The van der Waals surface area contributed by atoms with Crippen molar-refractivity contribution < 1.29 is 19.1 Å². The van der Waals surface area contributed by atoms with Gasteiger partial charge >= 0.3 is 5.97 Å². The van der Waals surface area contributed by atoms with Crippen LogP contribution in [0.5, 0.6) is 5.75 Å². The van der Waals surface area contributed by atoms with Gasteiger partial charge in [-0.05, 0) is 45.2 Å². The quantitative estimate of drug-likeness (QED) is 0.409. The van der Waals surface area contributed by atoms with Crippen molar-refractivity contribution in [1.82, 2.24) is 14.8 Å². The minimum absolute atomic E-state index is 0.256. The number of benzene rings is 1.